The van der Waals surface area contributed by atoms with Crippen LogP contribution in [-0.2, 0) is 35.3 Å². The van der Waals surface area contributed by atoms with Crippen molar-refractivity contribution in [3.63, 3.8) is 0 Å². The van der Waals surface area contributed by atoms with E-state index in [-0.39, 0.29) is 32.0 Å². The second kappa shape index (κ2) is 13.8. The summed E-state index contributed by atoms with van der Waals surface area (Å²) in [6.45, 7) is 2.08. The third kappa shape index (κ3) is 10.5. The first-order valence-electron chi connectivity index (χ1n) is 10.1. The molecule has 0 radical (unpaired) electrons. The number of nitrogens with zero attached hydrogens (tertiary/aromatic N) is 1. The third-order valence-electron chi connectivity index (χ3n) is 4.17. The van der Waals surface area contributed by atoms with Crippen molar-refractivity contribution in [1.82, 2.24) is 15.5 Å². The molecule has 176 valence electrons. The number of benzene rings is 1. The highest BCUT2D eigenvalue weighted by Gasteiger charge is 2.25. The SMILES string of the molecule is CC(C)CC(OC(=O)CNC(=O)CN(Cc1ccccc1)C(=O)CN)C(=O)NCC(=O)O. The Balaban J connectivity index is 2.61. The van der Waals surface area contributed by atoms with Gasteiger partial charge in [-0.25, -0.2) is 0 Å². The second-order valence-electron chi connectivity index (χ2n) is 7.44. The van der Waals surface area contributed by atoms with E-state index in [4.69, 9.17) is 15.6 Å². The maximum Gasteiger partial charge on any atom is 0.326 e. The molecule has 1 aromatic carbocycles. The van der Waals surface area contributed by atoms with Crippen molar-refractivity contribution in [2.45, 2.75) is 32.9 Å². The van der Waals surface area contributed by atoms with E-state index >= 15 is 0 Å². The molecule has 3 amide bonds. The Hall–Kier alpha value is -3.47. The molecule has 0 heterocycles. The maximum absolute atomic E-state index is 12.2. The number of esters is 1. The zero-order chi connectivity index (χ0) is 24.1. The number of ether oxygens (including phenoxy) is 1. The van der Waals surface area contributed by atoms with Gasteiger partial charge in [0.05, 0.1) is 13.1 Å². The molecule has 0 aliphatic heterocycles. The van der Waals surface area contributed by atoms with Crippen LogP contribution in [-0.4, -0.2) is 71.9 Å². The Morgan fingerprint density at radius 2 is 1.72 bits per heavy atom. The highest BCUT2D eigenvalue weighted by atomic mass is 16.5. The highest BCUT2D eigenvalue weighted by molar-refractivity contribution is 5.89. The minimum Gasteiger partial charge on any atom is -0.480 e. The largest absolute Gasteiger partial charge is 0.480 e. The Kier molecular flexibility index (Phi) is 11.4. The van der Waals surface area contributed by atoms with Crippen LogP contribution >= 0.6 is 0 Å². The number of rotatable bonds is 13. The predicted octanol–water partition coefficient (Wildman–Crippen LogP) is -0.751. The molecule has 1 aromatic rings. The second-order valence-corrected chi connectivity index (χ2v) is 7.44. The summed E-state index contributed by atoms with van der Waals surface area (Å²) in [5, 5.41) is 13.2. The molecule has 0 aromatic heterocycles. The predicted molar refractivity (Wildman–Crippen MR) is 114 cm³/mol. The van der Waals surface area contributed by atoms with Crippen LogP contribution < -0.4 is 16.4 Å². The minimum atomic E-state index is -1.23. The summed E-state index contributed by atoms with van der Waals surface area (Å²) in [4.78, 5) is 60.4. The van der Waals surface area contributed by atoms with Crippen molar-refractivity contribution < 1.29 is 33.8 Å². The van der Waals surface area contributed by atoms with Crippen molar-refractivity contribution in [3.8, 4) is 0 Å². The minimum absolute atomic E-state index is 0.00760. The van der Waals surface area contributed by atoms with Gasteiger partial charge < -0.3 is 31.1 Å². The molecule has 0 bridgehead atoms. The molecule has 1 rings (SSSR count). The zero-order valence-corrected chi connectivity index (χ0v) is 18.2. The van der Waals surface area contributed by atoms with E-state index in [0.717, 1.165) is 5.56 Å². The van der Waals surface area contributed by atoms with Gasteiger partial charge >= 0.3 is 11.9 Å². The lowest BCUT2D eigenvalue weighted by atomic mass is 10.1. The summed E-state index contributed by atoms with van der Waals surface area (Å²) < 4.78 is 5.12. The van der Waals surface area contributed by atoms with Crippen LogP contribution in [0.25, 0.3) is 0 Å². The fourth-order valence-electron chi connectivity index (χ4n) is 2.68. The molecule has 1 unspecified atom stereocenters. The van der Waals surface area contributed by atoms with Gasteiger partial charge in [0.2, 0.25) is 11.8 Å². The average Bonchev–Trinajstić information content (AvgIpc) is 2.74. The molecule has 0 aliphatic carbocycles. The Labute approximate surface area is 186 Å². The molecule has 0 fully saturated rings. The molecule has 11 nitrogen and oxygen atoms in total. The summed E-state index contributed by atoms with van der Waals surface area (Å²) in [5.41, 5.74) is 6.23. The van der Waals surface area contributed by atoms with Crippen molar-refractivity contribution in [2.75, 3.05) is 26.2 Å². The smallest absolute Gasteiger partial charge is 0.326 e. The number of carboxylic acids is 1. The van der Waals surface area contributed by atoms with Gasteiger partial charge in [-0.1, -0.05) is 44.2 Å². The Bertz CT molecular complexity index is 799. The number of hydrogen-bond acceptors (Lipinski definition) is 7. The molecule has 1 atom stereocenters. The number of nitrogens with two attached hydrogens (primary N) is 1. The van der Waals surface area contributed by atoms with Crippen LogP contribution in [0, 0.1) is 5.92 Å². The molecular formula is C21H30N4O7. The Morgan fingerprint density at radius 3 is 2.28 bits per heavy atom. The average molecular weight is 450 g/mol. The number of aliphatic carboxylic acids is 1. The monoisotopic (exact) mass is 450 g/mol. The quantitative estimate of drug-likeness (QED) is 0.285. The van der Waals surface area contributed by atoms with Gasteiger partial charge in [0.1, 0.15) is 13.1 Å². The van der Waals surface area contributed by atoms with E-state index in [1.54, 1.807) is 24.3 Å². The topological polar surface area (TPSA) is 168 Å². The van der Waals surface area contributed by atoms with Gasteiger partial charge in [0, 0.05) is 6.54 Å². The summed E-state index contributed by atoms with van der Waals surface area (Å²) in [5.74, 6) is -3.87. The van der Waals surface area contributed by atoms with Crippen molar-refractivity contribution in [1.29, 1.82) is 0 Å². The lowest BCUT2D eigenvalue weighted by Crippen LogP contribution is -2.45. The van der Waals surface area contributed by atoms with Crippen molar-refractivity contribution in [3.05, 3.63) is 35.9 Å². The summed E-state index contributed by atoms with van der Waals surface area (Å²) in [6, 6.07) is 9.03. The normalized spacial score (nSPS) is 11.4. The molecule has 32 heavy (non-hydrogen) atoms. The number of hydrogen-bond donors (Lipinski definition) is 4. The van der Waals surface area contributed by atoms with E-state index in [1.165, 1.54) is 4.90 Å². The lowest BCUT2D eigenvalue weighted by molar-refractivity contribution is -0.156. The first kappa shape index (κ1) is 26.6. The molecule has 0 spiro atoms. The summed E-state index contributed by atoms with van der Waals surface area (Å²) in [7, 11) is 0. The van der Waals surface area contributed by atoms with E-state index in [0.29, 0.717) is 0 Å². The molecule has 0 saturated carbocycles. The van der Waals surface area contributed by atoms with Gasteiger partial charge in [-0.05, 0) is 17.9 Å². The number of amides is 3. The fourth-order valence-corrected chi connectivity index (χ4v) is 2.68. The van der Waals surface area contributed by atoms with Crippen LogP contribution in [0.15, 0.2) is 30.3 Å². The summed E-state index contributed by atoms with van der Waals surface area (Å²) in [6.07, 6.45) is -1.01. The fraction of sp³-hybridized carbons (Fsp3) is 0.476. The van der Waals surface area contributed by atoms with E-state index in [1.807, 2.05) is 19.9 Å². The van der Waals surface area contributed by atoms with Crippen LogP contribution in [0.3, 0.4) is 0 Å². The van der Waals surface area contributed by atoms with Gasteiger partial charge in [-0.2, -0.15) is 0 Å². The first-order valence-corrected chi connectivity index (χ1v) is 10.1. The molecule has 0 saturated heterocycles. The van der Waals surface area contributed by atoms with Crippen molar-refractivity contribution >= 4 is 29.7 Å². The van der Waals surface area contributed by atoms with Crippen LogP contribution in [0.2, 0.25) is 0 Å². The molecule has 11 heteroatoms. The Morgan fingerprint density at radius 1 is 1.06 bits per heavy atom. The molecular weight excluding hydrogens is 420 g/mol. The number of nitrogens with one attached hydrogen (secondary N) is 2. The van der Waals surface area contributed by atoms with E-state index < -0.39 is 48.9 Å². The van der Waals surface area contributed by atoms with Crippen LogP contribution in [0.5, 0.6) is 0 Å². The number of carbonyl (C=O) groups is 5. The van der Waals surface area contributed by atoms with Gasteiger partial charge in [0.25, 0.3) is 5.91 Å². The lowest BCUT2D eigenvalue weighted by Gasteiger charge is -2.22. The van der Waals surface area contributed by atoms with Crippen molar-refractivity contribution in [2.24, 2.45) is 11.7 Å². The first-order chi connectivity index (χ1) is 15.1. The maximum atomic E-state index is 12.2. The van der Waals surface area contributed by atoms with Crippen LogP contribution in [0.1, 0.15) is 25.8 Å². The van der Waals surface area contributed by atoms with Gasteiger partial charge in [-0.15, -0.1) is 0 Å². The van der Waals surface area contributed by atoms with E-state index in [2.05, 4.69) is 10.6 Å². The zero-order valence-electron chi connectivity index (χ0n) is 18.2. The summed E-state index contributed by atoms with van der Waals surface area (Å²) >= 11 is 0. The molecule has 5 N–H and O–H groups in total. The molecule has 0 aliphatic rings. The van der Waals surface area contributed by atoms with Gasteiger partial charge in [-0.3, -0.25) is 24.0 Å². The van der Waals surface area contributed by atoms with E-state index in [9.17, 15) is 24.0 Å². The third-order valence-corrected chi connectivity index (χ3v) is 4.17. The van der Waals surface area contributed by atoms with Crippen LogP contribution in [0.4, 0.5) is 0 Å². The standard InChI is InChI=1S/C21H30N4O7/c1-14(2)8-16(21(31)24-10-19(28)29)32-20(30)11-23-17(26)13-25(18(27)9-22)12-15-6-4-3-5-7-15/h3-7,14,16H,8-13,22H2,1-2H3,(H,23,26)(H,24,31)(H,28,29). The number of carbonyl (C=O) groups excluding carboxylic acids is 4. The van der Waals surface area contributed by atoms with Gasteiger partial charge in [0.15, 0.2) is 6.10 Å². The number of carboxylic acid groups (broad SMARTS) is 1. The highest BCUT2D eigenvalue weighted by Crippen LogP contribution is 2.09.